The Labute approximate surface area is 220 Å². The molecule has 8 heteroatoms. The van der Waals surface area contributed by atoms with E-state index in [1.165, 1.54) is 6.08 Å². The first-order chi connectivity index (χ1) is 17.0. The van der Waals surface area contributed by atoms with Gasteiger partial charge in [-0.2, -0.15) is 0 Å². The summed E-state index contributed by atoms with van der Waals surface area (Å²) < 4.78 is 17.4. The normalized spacial score (nSPS) is 45.0. The maximum absolute atomic E-state index is 17.4. The molecule has 4 fully saturated rings. The summed E-state index contributed by atoms with van der Waals surface area (Å²) in [6, 6.07) is 7.32. The first-order valence-corrected chi connectivity index (χ1v) is 14.2. The summed E-state index contributed by atoms with van der Waals surface area (Å²) in [5, 5.41) is 13.9. The van der Waals surface area contributed by atoms with Gasteiger partial charge in [-0.1, -0.05) is 41.9 Å². The number of rotatable bonds is 2. The summed E-state index contributed by atoms with van der Waals surface area (Å²) in [6.07, 6.45) is 7.02. The highest BCUT2D eigenvalue weighted by Gasteiger charge is 2.79. The minimum Gasteiger partial charge on any atom is -0.390 e. The van der Waals surface area contributed by atoms with E-state index in [2.05, 4.69) is 0 Å². The number of thioether (sulfide) groups is 1. The molecule has 1 aromatic carbocycles. The molecule has 5 nitrogen and oxygen atoms in total. The maximum atomic E-state index is 17.4. The lowest BCUT2D eigenvalue weighted by Gasteiger charge is -2.62. The van der Waals surface area contributed by atoms with E-state index in [1.807, 2.05) is 26.0 Å². The van der Waals surface area contributed by atoms with E-state index in [9.17, 15) is 14.7 Å². The Balaban J connectivity index is 1.43. The molecule has 3 saturated carbocycles. The molecule has 4 aliphatic carbocycles. The molecular formula is C28H31ClFNO4S. The second-order valence-corrected chi connectivity index (χ2v) is 12.8. The van der Waals surface area contributed by atoms with E-state index in [0.717, 1.165) is 23.0 Å². The average molecular weight is 532 g/mol. The van der Waals surface area contributed by atoms with Crippen molar-refractivity contribution in [3.8, 4) is 0 Å². The van der Waals surface area contributed by atoms with Gasteiger partial charge < -0.3 is 5.11 Å². The van der Waals surface area contributed by atoms with Crippen molar-refractivity contribution in [3.63, 3.8) is 0 Å². The SMILES string of the molecule is CSC(=O)[C@@]12ON(c3ccc(Cl)cc3)C[C@@H]1C[C@H]1[C@@H]3CCC4=CC(=O)C=C[C@]4(C)[C@@]3(F)[C@@H](O)C[C@@]12C. The Kier molecular flexibility index (Phi) is 5.42. The van der Waals surface area contributed by atoms with Crippen molar-refractivity contribution in [2.75, 3.05) is 17.9 Å². The van der Waals surface area contributed by atoms with Crippen molar-refractivity contribution >= 4 is 39.9 Å². The zero-order valence-electron chi connectivity index (χ0n) is 20.7. The molecule has 0 unspecified atom stereocenters. The number of anilines is 1. The second kappa shape index (κ2) is 7.92. The number of hydroxylamine groups is 1. The van der Waals surface area contributed by atoms with Gasteiger partial charge in [-0.15, -0.1) is 0 Å². The van der Waals surface area contributed by atoms with Gasteiger partial charge in [0.05, 0.1) is 18.3 Å². The molecule has 0 aromatic heterocycles. The van der Waals surface area contributed by atoms with Gasteiger partial charge in [-0.05, 0) is 81.2 Å². The Bertz CT molecular complexity index is 1200. The van der Waals surface area contributed by atoms with Crippen LogP contribution < -0.4 is 5.06 Å². The van der Waals surface area contributed by atoms with Crippen LogP contribution >= 0.6 is 23.4 Å². The van der Waals surface area contributed by atoms with Crippen molar-refractivity contribution in [3.05, 3.63) is 53.1 Å². The number of hydrogen-bond acceptors (Lipinski definition) is 6. The van der Waals surface area contributed by atoms with E-state index >= 15 is 4.39 Å². The summed E-state index contributed by atoms with van der Waals surface area (Å²) in [6.45, 7) is 4.35. The van der Waals surface area contributed by atoms with Crippen molar-refractivity contribution < 1.29 is 23.9 Å². The van der Waals surface area contributed by atoms with Gasteiger partial charge >= 0.3 is 0 Å². The van der Waals surface area contributed by atoms with Crippen LogP contribution in [-0.2, 0) is 14.4 Å². The molecule has 1 aromatic rings. The van der Waals surface area contributed by atoms with E-state index in [4.69, 9.17) is 16.4 Å². The highest BCUT2D eigenvalue weighted by atomic mass is 35.5. The predicted octanol–water partition coefficient (Wildman–Crippen LogP) is 5.32. The smallest absolute Gasteiger partial charge is 0.224 e. The Morgan fingerprint density at radius 1 is 1.25 bits per heavy atom. The first-order valence-electron chi connectivity index (χ1n) is 12.6. The quantitative estimate of drug-likeness (QED) is 0.557. The number of halogens is 2. The van der Waals surface area contributed by atoms with Crippen LogP contribution in [0.1, 0.15) is 39.5 Å². The lowest BCUT2D eigenvalue weighted by molar-refractivity contribution is -0.220. The third-order valence-corrected chi connectivity index (χ3v) is 11.2. The molecule has 8 atom stereocenters. The molecule has 0 bridgehead atoms. The molecule has 5 aliphatic rings. The van der Waals surface area contributed by atoms with Gasteiger partial charge in [-0.25, -0.2) is 4.39 Å². The number of ketones is 1. The summed E-state index contributed by atoms with van der Waals surface area (Å²) in [5.41, 5.74) is -3.30. The van der Waals surface area contributed by atoms with Gasteiger partial charge in [0.15, 0.2) is 17.1 Å². The maximum Gasteiger partial charge on any atom is 0.224 e. The van der Waals surface area contributed by atoms with Crippen LogP contribution in [0.3, 0.4) is 0 Å². The summed E-state index contributed by atoms with van der Waals surface area (Å²) >= 11 is 7.23. The number of fused-ring (bicyclic) bond motifs is 7. The number of nitrogens with zero attached hydrogens (tertiary/aromatic N) is 1. The van der Waals surface area contributed by atoms with Gasteiger partial charge in [0, 0.05) is 27.7 Å². The zero-order chi connectivity index (χ0) is 25.7. The van der Waals surface area contributed by atoms with Crippen molar-refractivity contribution in [1.29, 1.82) is 0 Å². The topological polar surface area (TPSA) is 66.8 Å². The number of carbonyl (C=O) groups is 2. The summed E-state index contributed by atoms with van der Waals surface area (Å²) in [5.74, 6) is -0.846. The van der Waals surface area contributed by atoms with Crippen molar-refractivity contribution in [1.82, 2.24) is 0 Å². The highest BCUT2D eigenvalue weighted by molar-refractivity contribution is 8.13. The van der Waals surface area contributed by atoms with Crippen LogP contribution in [0, 0.1) is 28.6 Å². The average Bonchev–Trinajstić information content (AvgIpc) is 3.34. The van der Waals surface area contributed by atoms with Gasteiger partial charge in [0.1, 0.15) is 0 Å². The molecule has 1 N–H and O–H groups in total. The van der Waals surface area contributed by atoms with Crippen LogP contribution in [0.25, 0.3) is 0 Å². The molecular weight excluding hydrogens is 501 g/mol. The van der Waals surface area contributed by atoms with E-state index in [1.54, 1.807) is 35.6 Å². The van der Waals surface area contributed by atoms with Gasteiger partial charge in [0.2, 0.25) is 5.12 Å². The van der Waals surface area contributed by atoms with Gasteiger partial charge in [-0.3, -0.25) is 19.5 Å². The van der Waals surface area contributed by atoms with E-state index in [-0.39, 0.29) is 29.2 Å². The number of alkyl halides is 1. The third-order valence-electron chi connectivity index (χ3n) is 10.2. The highest BCUT2D eigenvalue weighted by Crippen LogP contribution is 2.73. The number of carbonyl (C=O) groups excluding carboxylic acids is 2. The molecule has 1 aliphatic heterocycles. The number of hydrogen-bond donors (Lipinski definition) is 1. The lowest BCUT2D eigenvalue weighted by Crippen LogP contribution is -2.69. The minimum atomic E-state index is -1.92. The van der Waals surface area contributed by atoms with Crippen molar-refractivity contribution in [2.45, 2.75) is 56.9 Å². The summed E-state index contributed by atoms with van der Waals surface area (Å²) in [7, 11) is 0. The van der Waals surface area contributed by atoms with Crippen LogP contribution in [0.15, 0.2) is 48.1 Å². The monoisotopic (exact) mass is 531 g/mol. The van der Waals surface area contributed by atoms with E-state index < -0.39 is 34.1 Å². The molecule has 36 heavy (non-hydrogen) atoms. The van der Waals surface area contributed by atoms with Gasteiger partial charge in [0.25, 0.3) is 0 Å². The van der Waals surface area contributed by atoms with Crippen molar-refractivity contribution in [2.24, 2.45) is 28.6 Å². The lowest BCUT2D eigenvalue weighted by atomic mass is 9.45. The summed E-state index contributed by atoms with van der Waals surface area (Å²) in [4.78, 5) is 32.5. The van der Waals surface area contributed by atoms with Crippen LogP contribution in [0.5, 0.6) is 0 Å². The fourth-order valence-electron chi connectivity index (χ4n) is 8.51. The standard InChI is InChI=1S/C28H31ClFNO4S/c1-25-11-10-20(32)12-16(25)4-9-21-22-13-17-15-31(19-7-5-18(29)6-8-19)35-28(17,24(34)36-3)26(22,2)14-23(33)27(21,25)30/h5-8,10-12,17,21-23,33H,4,9,13-15H2,1-3H3/t17-,21-,22-,23-,25-,26-,27-,28-/m0/s1. The molecule has 0 radical (unpaired) electrons. The Hall–Kier alpha value is -1.67. The minimum absolute atomic E-state index is 0.0710. The first kappa shape index (κ1) is 24.7. The largest absolute Gasteiger partial charge is 0.390 e. The van der Waals surface area contributed by atoms with E-state index in [0.29, 0.717) is 30.8 Å². The molecule has 192 valence electrons. The molecule has 0 spiro atoms. The fourth-order valence-corrected chi connectivity index (χ4v) is 9.37. The van der Waals surface area contributed by atoms with Crippen LogP contribution in [0.2, 0.25) is 5.02 Å². The molecule has 6 rings (SSSR count). The third kappa shape index (κ3) is 2.86. The Morgan fingerprint density at radius 2 is 1.97 bits per heavy atom. The Morgan fingerprint density at radius 3 is 2.67 bits per heavy atom. The predicted molar refractivity (Wildman–Crippen MR) is 138 cm³/mol. The fraction of sp³-hybridized carbons (Fsp3) is 0.571. The van der Waals surface area contributed by atoms with Crippen LogP contribution in [-0.4, -0.2) is 46.2 Å². The molecule has 0 amide bonds. The molecule has 1 heterocycles. The number of allylic oxidation sites excluding steroid dienone is 4. The number of aliphatic hydroxyl groups excluding tert-OH is 1. The zero-order valence-corrected chi connectivity index (χ0v) is 22.2. The second-order valence-electron chi connectivity index (χ2n) is 11.6. The molecule has 1 saturated heterocycles. The van der Waals surface area contributed by atoms with Crippen LogP contribution in [0.4, 0.5) is 10.1 Å². The number of benzene rings is 1. The number of aliphatic hydroxyl groups is 1.